The summed E-state index contributed by atoms with van der Waals surface area (Å²) in [6.07, 6.45) is 3.34. The molecule has 0 saturated carbocycles. The highest BCUT2D eigenvalue weighted by atomic mass is 16.1. The smallest absolute Gasteiger partial charge is 0.253 e. The molecule has 0 spiro atoms. The molecule has 0 aliphatic rings. The Morgan fingerprint density at radius 1 is 1.26 bits per heavy atom. The molecule has 0 aromatic carbocycles. The summed E-state index contributed by atoms with van der Waals surface area (Å²) < 4.78 is 0. The van der Waals surface area contributed by atoms with Crippen LogP contribution in [0.2, 0.25) is 0 Å². The molecule has 2 rings (SSSR count). The van der Waals surface area contributed by atoms with Crippen molar-refractivity contribution in [1.82, 2.24) is 20.3 Å². The lowest BCUT2D eigenvalue weighted by Gasteiger charge is -2.12. The SMILES string of the molecule is Cc1cnc([C@H](C)NC(=O)c2cnc(C)c(C)c2)[nH]1. The molecule has 0 saturated heterocycles. The van der Waals surface area contributed by atoms with Gasteiger partial charge in [-0.15, -0.1) is 0 Å². The molecule has 0 bridgehead atoms. The Bertz CT molecular complexity index is 603. The van der Waals surface area contributed by atoms with Crippen molar-refractivity contribution in [1.29, 1.82) is 0 Å². The normalized spacial score (nSPS) is 12.2. The van der Waals surface area contributed by atoms with Crippen LogP contribution >= 0.6 is 0 Å². The Morgan fingerprint density at radius 2 is 2.00 bits per heavy atom. The monoisotopic (exact) mass is 258 g/mol. The van der Waals surface area contributed by atoms with Crippen LogP contribution in [0.15, 0.2) is 18.5 Å². The van der Waals surface area contributed by atoms with E-state index >= 15 is 0 Å². The van der Waals surface area contributed by atoms with Gasteiger partial charge in [-0.3, -0.25) is 9.78 Å². The van der Waals surface area contributed by atoms with Crippen LogP contribution in [0.5, 0.6) is 0 Å². The molecule has 0 fully saturated rings. The van der Waals surface area contributed by atoms with Gasteiger partial charge in [0.05, 0.1) is 11.6 Å². The Balaban J connectivity index is 2.10. The van der Waals surface area contributed by atoms with Gasteiger partial charge in [0, 0.05) is 23.8 Å². The number of aromatic nitrogens is 3. The van der Waals surface area contributed by atoms with Crippen molar-refractivity contribution in [2.24, 2.45) is 0 Å². The molecule has 19 heavy (non-hydrogen) atoms. The fraction of sp³-hybridized carbons (Fsp3) is 0.357. The summed E-state index contributed by atoms with van der Waals surface area (Å²) in [6, 6.07) is 1.68. The maximum atomic E-state index is 12.1. The maximum Gasteiger partial charge on any atom is 0.253 e. The zero-order chi connectivity index (χ0) is 14.0. The Morgan fingerprint density at radius 3 is 2.58 bits per heavy atom. The van der Waals surface area contributed by atoms with Crippen molar-refractivity contribution in [3.63, 3.8) is 0 Å². The van der Waals surface area contributed by atoms with Gasteiger partial charge in [-0.05, 0) is 39.3 Å². The van der Waals surface area contributed by atoms with Crippen molar-refractivity contribution in [3.05, 3.63) is 46.8 Å². The summed E-state index contributed by atoms with van der Waals surface area (Å²) in [5.74, 6) is 0.611. The first-order valence-corrected chi connectivity index (χ1v) is 6.23. The molecule has 5 nitrogen and oxygen atoms in total. The topological polar surface area (TPSA) is 70.7 Å². The van der Waals surface area contributed by atoms with Crippen LogP contribution in [-0.4, -0.2) is 20.9 Å². The third-order valence-corrected chi connectivity index (χ3v) is 3.08. The second-order valence-electron chi connectivity index (χ2n) is 4.77. The average Bonchev–Trinajstić information content (AvgIpc) is 2.79. The number of pyridine rings is 1. The zero-order valence-corrected chi connectivity index (χ0v) is 11.6. The second kappa shape index (κ2) is 5.22. The number of hydrogen-bond donors (Lipinski definition) is 2. The Kier molecular flexibility index (Phi) is 3.64. The fourth-order valence-corrected chi connectivity index (χ4v) is 1.77. The van der Waals surface area contributed by atoms with E-state index in [0.29, 0.717) is 5.56 Å². The highest BCUT2D eigenvalue weighted by Gasteiger charge is 2.14. The summed E-state index contributed by atoms with van der Waals surface area (Å²) in [4.78, 5) is 23.6. The molecule has 0 aliphatic carbocycles. The van der Waals surface area contributed by atoms with Crippen LogP contribution in [0.25, 0.3) is 0 Å². The largest absolute Gasteiger partial charge is 0.344 e. The molecule has 5 heteroatoms. The predicted molar refractivity (Wildman–Crippen MR) is 72.9 cm³/mol. The number of carbonyl (C=O) groups is 1. The van der Waals surface area contributed by atoms with E-state index in [1.807, 2.05) is 33.8 Å². The van der Waals surface area contributed by atoms with Gasteiger partial charge in [-0.1, -0.05) is 0 Å². The summed E-state index contributed by atoms with van der Waals surface area (Å²) in [5.41, 5.74) is 3.49. The quantitative estimate of drug-likeness (QED) is 0.886. The number of H-pyrrole nitrogens is 1. The van der Waals surface area contributed by atoms with E-state index in [2.05, 4.69) is 20.3 Å². The van der Waals surface area contributed by atoms with Crippen LogP contribution in [0.4, 0.5) is 0 Å². The summed E-state index contributed by atoms with van der Waals surface area (Å²) >= 11 is 0. The van der Waals surface area contributed by atoms with Gasteiger partial charge < -0.3 is 10.3 Å². The van der Waals surface area contributed by atoms with Gasteiger partial charge >= 0.3 is 0 Å². The molecule has 1 atom stereocenters. The minimum atomic E-state index is -0.164. The first kappa shape index (κ1) is 13.3. The van der Waals surface area contributed by atoms with Crippen LogP contribution in [-0.2, 0) is 0 Å². The molecule has 100 valence electrons. The second-order valence-corrected chi connectivity index (χ2v) is 4.77. The highest BCUT2D eigenvalue weighted by molar-refractivity contribution is 5.94. The first-order chi connectivity index (χ1) is 8.97. The molecular weight excluding hydrogens is 240 g/mol. The highest BCUT2D eigenvalue weighted by Crippen LogP contribution is 2.11. The van der Waals surface area contributed by atoms with Crippen molar-refractivity contribution >= 4 is 5.91 Å². The Labute approximate surface area is 112 Å². The number of amides is 1. The predicted octanol–water partition coefficient (Wildman–Crippen LogP) is 2.22. The average molecular weight is 258 g/mol. The van der Waals surface area contributed by atoms with Crippen LogP contribution < -0.4 is 5.32 Å². The van der Waals surface area contributed by atoms with Gasteiger partial charge in [0.25, 0.3) is 5.91 Å². The first-order valence-electron chi connectivity index (χ1n) is 6.23. The molecule has 2 aromatic heterocycles. The van der Waals surface area contributed by atoms with Gasteiger partial charge in [0.2, 0.25) is 0 Å². The third kappa shape index (κ3) is 2.99. The van der Waals surface area contributed by atoms with E-state index in [-0.39, 0.29) is 11.9 Å². The van der Waals surface area contributed by atoms with E-state index in [4.69, 9.17) is 0 Å². The number of nitrogens with zero attached hydrogens (tertiary/aromatic N) is 2. The van der Waals surface area contributed by atoms with Crippen molar-refractivity contribution in [3.8, 4) is 0 Å². The summed E-state index contributed by atoms with van der Waals surface area (Å²) in [7, 11) is 0. The van der Waals surface area contributed by atoms with Gasteiger partial charge in [-0.2, -0.15) is 0 Å². The minimum absolute atomic E-state index is 0.142. The number of rotatable bonds is 3. The molecule has 2 N–H and O–H groups in total. The molecule has 0 radical (unpaired) electrons. The lowest BCUT2D eigenvalue weighted by Crippen LogP contribution is -2.27. The van der Waals surface area contributed by atoms with Crippen LogP contribution in [0.1, 0.15) is 46.1 Å². The van der Waals surface area contributed by atoms with E-state index in [1.54, 1.807) is 12.4 Å². The van der Waals surface area contributed by atoms with Crippen LogP contribution in [0.3, 0.4) is 0 Å². The van der Waals surface area contributed by atoms with Crippen molar-refractivity contribution in [2.45, 2.75) is 33.7 Å². The van der Waals surface area contributed by atoms with E-state index in [0.717, 1.165) is 22.8 Å². The Hall–Kier alpha value is -2.17. The van der Waals surface area contributed by atoms with Gasteiger partial charge in [0.15, 0.2) is 0 Å². The fourth-order valence-electron chi connectivity index (χ4n) is 1.77. The molecule has 0 unspecified atom stereocenters. The molecule has 2 heterocycles. The molecule has 0 aliphatic heterocycles. The number of imidazole rings is 1. The van der Waals surface area contributed by atoms with E-state index < -0.39 is 0 Å². The number of hydrogen-bond acceptors (Lipinski definition) is 3. The molecular formula is C14H18N4O. The van der Waals surface area contributed by atoms with E-state index in [9.17, 15) is 4.79 Å². The lowest BCUT2D eigenvalue weighted by molar-refractivity contribution is 0.0938. The van der Waals surface area contributed by atoms with Crippen LogP contribution in [0, 0.1) is 20.8 Å². The summed E-state index contributed by atoms with van der Waals surface area (Å²) in [5, 5.41) is 2.90. The maximum absolute atomic E-state index is 12.1. The third-order valence-electron chi connectivity index (χ3n) is 3.08. The van der Waals surface area contributed by atoms with Crippen molar-refractivity contribution in [2.75, 3.05) is 0 Å². The number of nitrogens with one attached hydrogen (secondary N) is 2. The zero-order valence-electron chi connectivity index (χ0n) is 11.6. The molecule has 2 aromatic rings. The van der Waals surface area contributed by atoms with Gasteiger partial charge in [-0.25, -0.2) is 4.98 Å². The lowest BCUT2D eigenvalue weighted by atomic mass is 10.1. The standard InChI is InChI=1S/C14H18N4O/c1-8-5-12(7-15-10(8)3)14(19)18-11(4)13-16-6-9(2)17-13/h5-7,11H,1-4H3,(H,16,17)(H,18,19)/t11-/m0/s1. The number of aromatic amines is 1. The number of aryl methyl sites for hydroxylation is 3. The van der Waals surface area contributed by atoms with Gasteiger partial charge in [0.1, 0.15) is 5.82 Å². The number of carbonyl (C=O) groups excluding carboxylic acids is 1. The summed E-state index contributed by atoms with van der Waals surface area (Å²) in [6.45, 7) is 7.69. The minimum Gasteiger partial charge on any atom is -0.344 e. The van der Waals surface area contributed by atoms with E-state index in [1.165, 1.54) is 0 Å². The molecule has 1 amide bonds. The van der Waals surface area contributed by atoms with Crippen molar-refractivity contribution < 1.29 is 4.79 Å².